The van der Waals surface area contributed by atoms with Gasteiger partial charge in [-0.2, -0.15) is 5.10 Å². The summed E-state index contributed by atoms with van der Waals surface area (Å²) in [7, 11) is 0. The Balaban J connectivity index is 1.48. The molecule has 194 valence electrons. The Morgan fingerprint density at radius 3 is 2.83 bits per heavy atom. The van der Waals surface area contributed by atoms with Gasteiger partial charge in [0.1, 0.15) is 23.6 Å². The minimum absolute atomic E-state index is 0.0768. The monoisotopic (exact) mass is 516 g/mol. The Bertz CT molecular complexity index is 1190. The van der Waals surface area contributed by atoms with E-state index in [9.17, 15) is 9.90 Å². The highest BCUT2D eigenvalue weighted by Crippen LogP contribution is 2.35. The van der Waals surface area contributed by atoms with Crippen molar-refractivity contribution >= 4 is 23.3 Å². The first-order chi connectivity index (χ1) is 17.1. The predicted molar refractivity (Wildman–Crippen MR) is 136 cm³/mol. The van der Waals surface area contributed by atoms with Crippen LogP contribution in [0.1, 0.15) is 46.6 Å². The van der Waals surface area contributed by atoms with Crippen LogP contribution in [-0.4, -0.2) is 43.9 Å². The van der Waals surface area contributed by atoms with Crippen molar-refractivity contribution in [3.05, 3.63) is 53.8 Å². The van der Waals surface area contributed by atoms with Gasteiger partial charge in [-0.3, -0.25) is 9.48 Å². The SMILES string of the molecule is CC[C@H](C)CC(C(=O)Nc1ccn(C[C@@H]2COC(C)(C)O2)n1)n1cc(Oc2ccccc2Cl)cc1O. The van der Waals surface area contributed by atoms with Crippen LogP contribution in [0.3, 0.4) is 0 Å². The molecule has 2 N–H and O–H groups in total. The summed E-state index contributed by atoms with van der Waals surface area (Å²) >= 11 is 6.20. The third-order valence-corrected chi connectivity index (χ3v) is 6.49. The van der Waals surface area contributed by atoms with Crippen molar-refractivity contribution in [2.24, 2.45) is 5.92 Å². The van der Waals surface area contributed by atoms with E-state index in [1.807, 2.05) is 19.9 Å². The Hall–Kier alpha value is -3.01. The zero-order valence-corrected chi connectivity index (χ0v) is 21.7. The number of aromatic hydroxyl groups is 1. The molecule has 4 rings (SSSR count). The fraction of sp³-hybridized carbons (Fsp3) is 0.462. The number of carbonyl (C=O) groups is 1. The number of nitrogens with zero attached hydrogens (tertiary/aromatic N) is 3. The van der Waals surface area contributed by atoms with E-state index in [1.54, 1.807) is 41.3 Å². The molecule has 1 unspecified atom stereocenters. The molecule has 0 bridgehead atoms. The number of nitrogens with one attached hydrogen (secondary N) is 1. The van der Waals surface area contributed by atoms with Gasteiger partial charge in [0.25, 0.3) is 0 Å². The van der Waals surface area contributed by atoms with E-state index in [0.717, 1.165) is 6.42 Å². The molecule has 1 aromatic carbocycles. The van der Waals surface area contributed by atoms with Gasteiger partial charge in [-0.1, -0.05) is 44.0 Å². The van der Waals surface area contributed by atoms with Gasteiger partial charge in [0.2, 0.25) is 5.91 Å². The summed E-state index contributed by atoms with van der Waals surface area (Å²) in [5.41, 5.74) is 0. The molecule has 1 aliphatic heterocycles. The summed E-state index contributed by atoms with van der Waals surface area (Å²) in [5, 5.41) is 18.5. The molecule has 0 saturated carbocycles. The topological polar surface area (TPSA) is 99.8 Å². The number of aromatic nitrogens is 3. The molecule has 0 radical (unpaired) electrons. The van der Waals surface area contributed by atoms with Crippen molar-refractivity contribution in [1.82, 2.24) is 14.3 Å². The molecule has 0 spiro atoms. The summed E-state index contributed by atoms with van der Waals surface area (Å²) in [6, 6.07) is 9.62. The van der Waals surface area contributed by atoms with Crippen LogP contribution in [0.15, 0.2) is 48.8 Å². The minimum atomic E-state index is -0.666. The second-order valence-electron chi connectivity index (χ2n) is 9.60. The lowest BCUT2D eigenvalue weighted by Crippen LogP contribution is -2.27. The van der Waals surface area contributed by atoms with E-state index in [4.69, 9.17) is 25.8 Å². The van der Waals surface area contributed by atoms with Gasteiger partial charge in [0.05, 0.1) is 24.4 Å². The number of para-hydroxylation sites is 1. The maximum Gasteiger partial charge on any atom is 0.248 e. The van der Waals surface area contributed by atoms with Gasteiger partial charge >= 0.3 is 0 Å². The number of rotatable bonds is 10. The summed E-state index contributed by atoms with van der Waals surface area (Å²) in [5.74, 6) is 0.552. The molecule has 36 heavy (non-hydrogen) atoms. The number of hydrogen-bond acceptors (Lipinski definition) is 6. The molecule has 3 aromatic rings. The van der Waals surface area contributed by atoms with Gasteiger partial charge in [-0.15, -0.1) is 0 Å². The Kier molecular flexibility index (Phi) is 7.92. The molecule has 1 saturated heterocycles. The standard InChI is InChI=1S/C26H33ClN4O5/c1-5-17(2)12-21(31-15-18(13-24(31)32)35-22-9-7-6-8-20(22)27)25(33)28-23-10-11-30(29-23)14-19-16-34-26(3,4)36-19/h6-11,13,15,17,19,21,32H,5,12,14,16H2,1-4H3,(H,28,29,33)/t17-,19+,21?/m0/s1. The fourth-order valence-corrected chi connectivity index (χ4v) is 4.27. The zero-order valence-electron chi connectivity index (χ0n) is 21.0. The second-order valence-corrected chi connectivity index (χ2v) is 10.0. The fourth-order valence-electron chi connectivity index (χ4n) is 4.10. The summed E-state index contributed by atoms with van der Waals surface area (Å²) in [6.07, 6.45) is 4.71. The average molecular weight is 517 g/mol. The first kappa shape index (κ1) is 26.1. The normalized spacial score (nSPS) is 18.6. The Morgan fingerprint density at radius 2 is 2.14 bits per heavy atom. The molecule has 3 atom stereocenters. The number of halogens is 1. The predicted octanol–water partition coefficient (Wildman–Crippen LogP) is 5.60. The van der Waals surface area contributed by atoms with Gasteiger partial charge in [-0.25, -0.2) is 0 Å². The van der Waals surface area contributed by atoms with Gasteiger partial charge < -0.3 is 29.2 Å². The van der Waals surface area contributed by atoms with Crippen LogP contribution in [-0.2, 0) is 20.8 Å². The lowest BCUT2D eigenvalue weighted by Gasteiger charge is -2.21. The molecule has 0 aliphatic carbocycles. The number of amides is 1. The van der Waals surface area contributed by atoms with E-state index in [0.29, 0.717) is 41.9 Å². The van der Waals surface area contributed by atoms with Crippen LogP contribution < -0.4 is 10.1 Å². The van der Waals surface area contributed by atoms with Crippen LogP contribution >= 0.6 is 11.6 Å². The molecule has 3 heterocycles. The highest BCUT2D eigenvalue weighted by Gasteiger charge is 2.33. The van der Waals surface area contributed by atoms with Crippen molar-refractivity contribution in [2.45, 2.75) is 65.0 Å². The maximum atomic E-state index is 13.4. The molecular formula is C26H33ClN4O5. The van der Waals surface area contributed by atoms with E-state index in [1.165, 1.54) is 10.6 Å². The molecular weight excluding hydrogens is 484 g/mol. The van der Waals surface area contributed by atoms with Crippen molar-refractivity contribution in [3.63, 3.8) is 0 Å². The third-order valence-electron chi connectivity index (χ3n) is 6.18. The first-order valence-electron chi connectivity index (χ1n) is 12.1. The van der Waals surface area contributed by atoms with Crippen molar-refractivity contribution < 1.29 is 24.1 Å². The molecule has 1 aliphatic rings. The average Bonchev–Trinajstić information content (AvgIpc) is 3.52. The lowest BCUT2D eigenvalue weighted by molar-refractivity contribution is -0.139. The summed E-state index contributed by atoms with van der Waals surface area (Å²) in [4.78, 5) is 13.4. The molecule has 1 fully saturated rings. The lowest BCUT2D eigenvalue weighted by atomic mass is 9.98. The Morgan fingerprint density at radius 1 is 1.36 bits per heavy atom. The summed E-state index contributed by atoms with van der Waals surface area (Å²) < 4.78 is 20.5. The quantitative estimate of drug-likeness (QED) is 0.363. The van der Waals surface area contributed by atoms with Gasteiger partial charge in [0, 0.05) is 18.3 Å². The molecule has 9 nitrogen and oxygen atoms in total. The third kappa shape index (κ3) is 6.40. The highest BCUT2D eigenvalue weighted by molar-refractivity contribution is 6.32. The molecule has 1 amide bonds. The first-order valence-corrected chi connectivity index (χ1v) is 12.5. The van der Waals surface area contributed by atoms with Gasteiger partial charge in [0.15, 0.2) is 17.5 Å². The van der Waals surface area contributed by atoms with Gasteiger partial charge in [-0.05, 0) is 38.3 Å². The number of hydrogen-bond donors (Lipinski definition) is 2. The summed E-state index contributed by atoms with van der Waals surface area (Å²) in [6.45, 7) is 8.88. The molecule has 2 aromatic heterocycles. The Labute approximate surface area is 215 Å². The number of anilines is 1. The maximum absolute atomic E-state index is 13.4. The highest BCUT2D eigenvalue weighted by atomic mass is 35.5. The van der Waals surface area contributed by atoms with Crippen LogP contribution in [0.2, 0.25) is 5.02 Å². The van der Waals surface area contributed by atoms with Crippen molar-refractivity contribution in [2.75, 3.05) is 11.9 Å². The number of ether oxygens (including phenoxy) is 3. The van der Waals surface area contributed by atoms with Crippen LogP contribution in [0.4, 0.5) is 5.82 Å². The van der Waals surface area contributed by atoms with Crippen molar-refractivity contribution in [3.8, 4) is 17.4 Å². The number of carbonyl (C=O) groups excluding carboxylic acids is 1. The largest absolute Gasteiger partial charge is 0.494 e. The van der Waals surface area contributed by atoms with Crippen LogP contribution in [0, 0.1) is 5.92 Å². The number of benzene rings is 1. The molecule has 10 heteroatoms. The van der Waals surface area contributed by atoms with E-state index in [2.05, 4.69) is 24.3 Å². The van der Waals surface area contributed by atoms with E-state index >= 15 is 0 Å². The zero-order chi connectivity index (χ0) is 25.9. The van der Waals surface area contributed by atoms with Crippen LogP contribution in [0.25, 0.3) is 0 Å². The van der Waals surface area contributed by atoms with Crippen LogP contribution in [0.5, 0.6) is 17.4 Å². The van der Waals surface area contributed by atoms with E-state index < -0.39 is 11.8 Å². The smallest absolute Gasteiger partial charge is 0.248 e. The van der Waals surface area contributed by atoms with Crippen molar-refractivity contribution in [1.29, 1.82) is 0 Å². The second kappa shape index (κ2) is 10.9. The van der Waals surface area contributed by atoms with E-state index in [-0.39, 0.29) is 23.8 Å². The minimum Gasteiger partial charge on any atom is -0.494 e.